The maximum atomic E-state index is 12.3. The van der Waals surface area contributed by atoms with E-state index in [0.29, 0.717) is 0 Å². The predicted molar refractivity (Wildman–Crippen MR) is 95.5 cm³/mol. The van der Waals surface area contributed by atoms with E-state index in [1.54, 1.807) is 24.8 Å². The Labute approximate surface area is 139 Å². The lowest BCUT2D eigenvalue weighted by molar-refractivity contribution is 0.0946. The summed E-state index contributed by atoms with van der Waals surface area (Å²) < 4.78 is 6.98. The van der Waals surface area contributed by atoms with Crippen LogP contribution in [0, 0.1) is 0 Å². The number of rotatable bonds is 2. The van der Waals surface area contributed by atoms with Gasteiger partial charge in [0.1, 0.15) is 5.75 Å². The molecule has 4 heteroatoms. The highest BCUT2D eigenvalue weighted by Crippen LogP contribution is 2.34. The van der Waals surface area contributed by atoms with Crippen LogP contribution in [0.15, 0.2) is 60.8 Å². The van der Waals surface area contributed by atoms with Crippen LogP contribution in [0.4, 0.5) is 0 Å². The normalized spacial score (nSPS) is 11.1. The van der Waals surface area contributed by atoms with Crippen LogP contribution in [0.1, 0.15) is 11.7 Å². The van der Waals surface area contributed by atoms with Crippen LogP contribution >= 0.6 is 0 Å². The van der Waals surface area contributed by atoms with Crippen molar-refractivity contribution in [3.63, 3.8) is 0 Å². The van der Waals surface area contributed by atoms with Gasteiger partial charge in [-0.1, -0.05) is 30.3 Å². The summed E-state index contributed by atoms with van der Waals surface area (Å²) in [4.78, 5) is 16.9. The Kier molecular flexibility index (Phi) is 3.31. The van der Waals surface area contributed by atoms with Gasteiger partial charge in [0.15, 0.2) is 0 Å². The van der Waals surface area contributed by atoms with Gasteiger partial charge in [0.25, 0.3) is 0 Å². The van der Waals surface area contributed by atoms with Crippen LogP contribution < -0.4 is 4.74 Å². The molecule has 0 bridgehead atoms. The first-order valence-electron chi connectivity index (χ1n) is 7.74. The van der Waals surface area contributed by atoms with Gasteiger partial charge < -0.3 is 4.74 Å². The Bertz CT molecular complexity index is 1060. The Morgan fingerprint density at radius 1 is 1.04 bits per heavy atom. The van der Waals surface area contributed by atoms with Crippen molar-refractivity contribution in [2.45, 2.75) is 6.92 Å². The van der Waals surface area contributed by atoms with E-state index in [0.717, 1.165) is 38.8 Å². The summed E-state index contributed by atoms with van der Waals surface area (Å²) in [6.45, 7) is 1.58. The number of hydrogen-bond donors (Lipinski definition) is 0. The van der Waals surface area contributed by atoms with Gasteiger partial charge in [-0.25, -0.2) is 0 Å². The minimum absolute atomic E-state index is 0.0241. The second-order valence-corrected chi connectivity index (χ2v) is 5.66. The molecule has 0 aliphatic rings. The minimum atomic E-state index is -0.0241. The molecule has 0 atom stereocenters. The molecule has 2 aromatic carbocycles. The molecule has 4 aromatic rings. The number of carbonyl (C=O) groups excluding carboxylic acids is 1. The zero-order valence-electron chi connectivity index (χ0n) is 13.5. The first-order chi connectivity index (χ1) is 11.7. The van der Waals surface area contributed by atoms with Gasteiger partial charge in [-0.3, -0.25) is 14.3 Å². The highest BCUT2D eigenvalue weighted by atomic mass is 16.5. The fourth-order valence-electron chi connectivity index (χ4n) is 3.20. The highest BCUT2D eigenvalue weighted by molar-refractivity contribution is 6.15. The molecule has 0 aliphatic heterocycles. The second-order valence-electron chi connectivity index (χ2n) is 5.66. The first kappa shape index (κ1) is 14.5. The van der Waals surface area contributed by atoms with Crippen LogP contribution in [0.3, 0.4) is 0 Å². The minimum Gasteiger partial charge on any atom is -0.497 e. The van der Waals surface area contributed by atoms with Crippen LogP contribution in [0.2, 0.25) is 0 Å². The second kappa shape index (κ2) is 5.49. The lowest BCUT2D eigenvalue weighted by Crippen LogP contribution is -2.05. The molecule has 0 saturated heterocycles. The summed E-state index contributed by atoms with van der Waals surface area (Å²) in [5.74, 6) is 0.778. The third-order valence-corrected chi connectivity index (χ3v) is 4.26. The van der Waals surface area contributed by atoms with Gasteiger partial charge in [-0.05, 0) is 29.8 Å². The summed E-state index contributed by atoms with van der Waals surface area (Å²) in [7, 11) is 1.65. The molecular formula is C20H16N2O2. The summed E-state index contributed by atoms with van der Waals surface area (Å²) >= 11 is 0. The number of benzene rings is 2. The van der Waals surface area contributed by atoms with Crippen molar-refractivity contribution >= 4 is 27.8 Å². The zero-order valence-corrected chi connectivity index (χ0v) is 13.5. The van der Waals surface area contributed by atoms with Crippen molar-refractivity contribution in [3.05, 3.63) is 60.8 Å². The van der Waals surface area contributed by atoms with E-state index in [4.69, 9.17) is 4.74 Å². The number of aromatic nitrogens is 2. The van der Waals surface area contributed by atoms with Crippen LogP contribution in [-0.4, -0.2) is 22.6 Å². The largest absolute Gasteiger partial charge is 0.497 e. The van der Waals surface area contributed by atoms with E-state index in [1.807, 2.05) is 54.6 Å². The third kappa shape index (κ3) is 2.07. The molecule has 0 saturated carbocycles. The number of carbonyl (C=O) groups is 1. The standard InChI is InChI=1S/C20H16N2O2/c1-13(23)22-18-6-4-3-5-17(18)19-20(22)16(11-12-21-19)14-7-9-15(24-2)10-8-14/h3-12H,1-2H3. The Morgan fingerprint density at radius 2 is 1.79 bits per heavy atom. The van der Waals surface area contributed by atoms with Crippen molar-refractivity contribution in [2.75, 3.05) is 7.11 Å². The number of pyridine rings is 1. The summed E-state index contributed by atoms with van der Waals surface area (Å²) in [6.07, 6.45) is 1.79. The van der Waals surface area contributed by atoms with Gasteiger partial charge in [-0.15, -0.1) is 0 Å². The topological polar surface area (TPSA) is 44.1 Å². The van der Waals surface area contributed by atoms with E-state index >= 15 is 0 Å². The molecule has 0 spiro atoms. The Balaban J connectivity index is 2.11. The maximum Gasteiger partial charge on any atom is 0.228 e. The molecule has 4 nitrogen and oxygen atoms in total. The fraction of sp³-hybridized carbons (Fsp3) is 0.100. The lowest BCUT2D eigenvalue weighted by atomic mass is 10.0. The maximum absolute atomic E-state index is 12.3. The highest BCUT2D eigenvalue weighted by Gasteiger charge is 2.17. The van der Waals surface area contributed by atoms with Gasteiger partial charge >= 0.3 is 0 Å². The number of fused-ring (bicyclic) bond motifs is 3. The summed E-state index contributed by atoms with van der Waals surface area (Å²) in [5.41, 5.74) is 4.57. The number of para-hydroxylation sites is 1. The number of nitrogens with zero attached hydrogens (tertiary/aromatic N) is 2. The van der Waals surface area contributed by atoms with Crippen molar-refractivity contribution in [1.82, 2.24) is 9.55 Å². The quantitative estimate of drug-likeness (QED) is 0.546. The van der Waals surface area contributed by atoms with Gasteiger partial charge in [0.05, 0.1) is 23.7 Å². The molecule has 2 heterocycles. The van der Waals surface area contributed by atoms with E-state index in [-0.39, 0.29) is 5.91 Å². The van der Waals surface area contributed by atoms with Crippen molar-refractivity contribution in [1.29, 1.82) is 0 Å². The first-order valence-corrected chi connectivity index (χ1v) is 7.74. The van der Waals surface area contributed by atoms with Crippen molar-refractivity contribution < 1.29 is 9.53 Å². The molecular weight excluding hydrogens is 300 g/mol. The molecule has 0 amide bonds. The van der Waals surface area contributed by atoms with E-state index < -0.39 is 0 Å². The number of hydrogen-bond acceptors (Lipinski definition) is 3. The average Bonchev–Trinajstić information content (AvgIpc) is 2.96. The van der Waals surface area contributed by atoms with Crippen molar-refractivity contribution in [3.8, 4) is 16.9 Å². The third-order valence-electron chi connectivity index (χ3n) is 4.26. The predicted octanol–water partition coefficient (Wildman–Crippen LogP) is 4.53. The smallest absolute Gasteiger partial charge is 0.228 e. The Morgan fingerprint density at radius 3 is 2.50 bits per heavy atom. The molecule has 0 N–H and O–H groups in total. The Hall–Kier alpha value is -3.14. The van der Waals surface area contributed by atoms with E-state index in [2.05, 4.69) is 4.98 Å². The van der Waals surface area contributed by atoms with E-state index in [1.165, 1.54) is 0 Å². The van der Waals surface area contributed by atoms with Crippen LogP contribution in [0.25, 0.3) is 33.1 Å². The molecule has 4 rings (SSSR count). The van der Waals surface area contributed by atoms with Crippen molar-refractivity contribution in [2.24, 2.45) is 0 Å². The van der Waals surface area contributed by atoms with Crippen LogP contribution in [-0.2, 0) is 0 Å². The molecule has 0 aliphatic carbocycles. The molecule has 0 radical (unpaired) electrons. The summed E-state index contributed by atoms with van der Waals surface area (Å²) in [5, 5.41) is 0.984. The number of methoxy groups -OCH3 is 1. The van der Waals surface area contributed by atoms with Gasteiger partial charge in [0, 0.05) is 24.1 Å². The lowest BCUT2D eigenvalue weighted by Gasteiger charge is -2.08. The van der Waals surface area contributed by atoms with Gasteiger partial charge in [0.2, 0.25) is 5.91 Å². The SMILES string of the molecule is COc1ccc(-c2ccnc3c4ccccc4n(C(C)=O)c23)cc1. The number of ether oxygens (including phenoxy) is 1. The summed E-state index contributed by atoms with van der Waals surface area (Å²) in [6, 6.07) is 17.6. The zero-order chi connectivity index (χ0) is 16.7. The fourth-order valence-corrected chi connectivity index (χ4v) is 3.20. The average molecular weight is 316 g/mol. The molecule has 118 valence electrons. The molecule has 2 aromatic heterocycles. The monoisotopic (exact) mass is 316 g/mol. The van der Waals surface area contributed by atoms with Gasteiger partial charge in [-0.2, -0.15) is 0 Å². The molecule has 0 unspecified atom stereocenters. The van der Waals surface area contributed by atoms with Crippen LogP contribution in [0.5, 0.6) is 5.75 Å². The molecule has 0 fully saturated rings. The molecule has 24 heavy (non-hydrogen) atoms. The van der Waals surface area contributed by atoms with E-state index in [9.17, 15) is 4.79 Å².